The lowest BCUT2D eigenvalue weighted by Gasteiger charge is -2.09. The lowest BCUT2D eigenvalue weighted by atomic mass is 10.1. The molecule has 0 aromatic heterocycles. The number of phenols is 1. The third-order valence-corrected chi connectivity index (χ3v) is 3.44. The van der Waals surface area contributed by atoms with Gasteiger partial charge >= 0.3 is 0 Å². The molecule has 5 nitrogen and oxygen atoms in total. The Hall–Kier alpha value is -1.08. The zero-order valence-electron chi connectivity index (χ0n) is 12.4. The zero-order chi connectivity index (χ0) is 16.5. The molecular formula is C14H19Cl2N3O2S. The number of halogens is 2. The van der Waals surface area contributed by atoms with Crippen LogP contribution in [0.5, 0.6) is 5.75 Å². The van der Waals surface area contributed by atoms with Gasteiger partial charge in [-0.25, -0.2) is 0 Å². The number of aromatic hydroxyl groups is 1. The summed E-state index contributed by atoms with van der Waals surface area (Å²) in [7, 11) is 0. The van der Waals surface area contributed by atoms with Crippen molar-refractivity contribution in [1.82, 2.24) is 10.7 Å². The maximum Gasteiger partial charge on any atom is 0.186 e. The van der Waals surface area contributed by atoms with Crippen LogP contribution in [0.25, 0.3) is 0 Å². The minimum Gasteiger partial charge on any atom is -0.506 e. The van der Waals surface area contributed by atoms with Crippen LogP contribution in [0.2, 0.25) is 10.0 Å². The first-order chi connectivity index (χ1) is 10.5. The van der Waals surface area contributed by atoms with Crippen LogP contribution in [0.3, 0.4) is 0 Å². The second-order valence-electron chi connectivity index (χ2n) is 4.40. The highest BCUT2D eigenvalue weighted by Crippen LogP contribution is 2.31. The minimum absolute atomic E-state index is 0.0651. The number of phenolic OH excluding ortho intramolecular Hbond substituents is 1. The van der Waals surface area contributed by atoms with E-state index in [0.29, 0.717) is 41.2 Å². The summed E-state index contributed by atoms with van der Waals surface area (Å²) in [5.41, 5.74) is 3.67. The molecular weight excluding hydrogens is 345 g/mol. The number of hydrogen-bond acceptors (Lipinski definition) is 4. The number of benzene rings is 1. The summed E-state index contributed by atoms with van der Waals surface area (Å²) >= 11 is 16.9. The van der Waals surface area contributed by atoms with E-state index in [4.69, 9.17) is 40.2 Å². The monoisotopic (exact) mass is 363 g/mol. The molecule has 1 aromatic rings. The molecule has 1 rings (SSSR count). The molecule has 0 aliphatic rings. The Balaban J connectivity index is 2.54. The Morgan fingerprint density at radius 2 is 2.14 bits per heavy atom. The number of nitrogens with one attached hydrogen (secondary N) is 2. The average Bonchev–Trinajstić information content (AvgIpc) is 2.48. The first-order valence-corrected chi connectivity index (χ1v) is 7.96. The third kappa shape index (κ3) is 6.36. The second-order valence-corrected chi connectivity index (χ2v) is 5.65. The molecule has 122 valence electrons. The van der Waals surface area contributed by atoms with Gasteiger partial charge in [-0.05, 0) is 44.6 Å². The number of nitrogens with zero attached hydrogens (tertiary/aromatic N) is 1. The number of hydrazone groups is 1. The van der Waals surface area contributed by atoms with Gasteiger partial charge < -0.3 is 15.2 Å². The molecule has 3 N–H and O–H groups in total. The number of rotatable bonds is 7. The average molecular weight is 364 g/mol. The van der Waals surface area contributed by atoms with Gasteiger partial charge in [0.25, 0.3) is 0 Å². The molecule has 0 aliphatic carbocycles. The lowest BCUT2D eigenvalue weighted by Crippen LogP contribution is -2.33. The van der Waals surface area contributed by atoms with Gasteiger partial charge in [-0.15, -0.1) is 0 Å². The molecule has 0 fully saturated rings. The van der Waals surface area contributed by atoms with E-state index in [9.17, 15) is 5.11 Å². The van der Waals surface area contributed by atoms with Crippen molar-refractivity contribution in [2.75, 3.05) is 19.8 Å². The summed E-state index contributed by atoms with van der Waals surface area (Å²) < 4.78 is 5.22. The quantitative estimate of drug-likeness (QED) is 0.300. The van der Waals surface area contributed by atoms with E-state index in [0.717, 1.165) is 6.42 Å². The Labute approximate surface area is 145 Å². The fraction of sp³-hybridized carbons (Fsp3) is 0.429. The first kappa shape index (κ1) is 19.0. The van der Waals surface area contributed by atoms with Crippen molar-refractivity contribution in [2.24, 2.45) is 5.10 Å². The predicted octanol–water partition coefficient (Wildman–Crippen LogP) is 3.31. The smallest absolute Gasteiger partial charge is 0.186 e. The summed E-state index contributed by atoms with van der Waals surface area (Å²) in [4.78, 5) is 0. The fourth-order valence-electron chi connectivity index (χ4n) is 1.60. The Kier molecular flexibility index (Phi) is 8.48. The van der Waals surface area contributed by atoms with E-state index < -0.39 is 0 Å². The molecule has 0 amide bonds. The maximum atomic E-state index is 9.92. The van der Waals surface area contributed by atoms with Gasteiger partial charge in [-0.2, -0.15) is 5.10 Å². The Bertz CT molecular complexity index is 553. The molecule has 0 unspecified atom stereocenters. The van der Waals surface area contributed by atoms with Gasteiger partial charge in [0.05, 0.1) is 10.7 Å². The van der Waals surface area contributed by atoms with E-state index in [1.807, 2.05) is 6.92 Å². The molecule has 0 saturated carbocycles. The normalized spacial score (nSPS) is 11.4. The van der Waals surface area contributed by atoms with Crippen LogP contribution in [0.15, 0.2) is 17.2 Å². The predicted molar refractivity (Wildman–Crippen MR) is 95.2 cm³/mol. The van der Waals surface area contributed by atoms with E-state index in [1.54, 1.807) is 13.0 Å². The van der Waals surface area contributed by atoms with Crippen LogP contribution in [0.1, 0.15) is 25.8 Å². The summed E-state index contributed by atoms with van der Waals surface area (Å²) in [5.74, 6) is -0.0651. The van der Waals surface area contributed by atoms with Crippen LogP contribution >= 0.6 is 35.4 Å². The highest BCUT2D eigenvalue weighted by Gasteiger charge is 2.10. The molecule has 0 atom stereocenters. The van der Waals surface area contributed by atoms with Gasteiger partial charge in [-0.1, -0.05) is 23.2 Å². The van der Waals surface area contributed by atoms with E-state index >= 15 is 0 Å². The highest BCUT2D eigenvalue weighted by molar-refractivity contribution is 7.80. The number of ether oxygens (including phenoxy) is 1. The molecule has 0 saturated heterocycles. The molecule has 0 heterocycles. The molecule has 0 radical (unpaired) electrons. The third-order valence-electron chi connectivity index (χ3n) is 2.70. The van der Waals surface area contributed by atoms with Crippen molar-refractivity contribution in [2.45, 2.75) is 20.3 Å². The second kappa shape index (κ2) is 9.84. The summed E-state index contributed by atoms with van der Waals surface area (Å²) in [6, 6.07) is 3.05. The molecule has 22 heavy (non-hydrogen) atoms. The van der Waals surface area contributed by atoms with E-state index in [2.05, 4.69) is 15.8 Å². The fourth-order valence-corrected chi connectivity index (χ4v) is 2.24. The first-order valence-electron chi connectivity index (χ1n) is 6.80. The topological polar surface area (TPSA) is 65.9 Å². The van der Waals surface area contributed by atoms with E-state index in [1.165, 1.54) is 6.07 Å². The summed E-state index contributed by atoms with van der Waals surface area (Å²) in [6.45, 7) is 5.75. The minimum atomic E-state index is -0.0651. The standard InChI is InChI=1S/C14H19Cl2N3O2S/c1-3-21-6-4-5-17-14(22)19-18-9(2)11-7-10(15)8-12(16)13(11)20/h7-8,20H,3-6H2,1-2H3,(H2,17,19,22)/b18-9+. The lowest BCUT2D eigenvalue weighted by molar-refractivity contribution is 0.145. The van der Waals surface area contributed by atoms with Crippen molar-refractivity contribution in [1.29, 1.82) is 0 Å². The van der Waals surface area contributed by atoms with Crippen molar-refractivity contribution in [3.63, 3.8) is 0 Å². The Morgan fingerprint density at radius 3 is 2.82 bits per heavy atom. The molecule has 0 aliphatic heterocycles. The van der Waals surface area contributed by atoms with Crippen LogP contribution in [-0.2, 0) is 4.74 Å². The molecule has 1 aromatic carbocycles. The maximum absolute atomic E-state index is 9.92. The Morgan fingerprint density at radius 1 is 1.41 bits per heavy atom. The van der Waals surface area contributed by atoms with E-state index in [-0.39, 0.29) is 10.8 Å². The zero-order valence-corrected chi connectivity index (χ0v) is 14.8. The van der Waals surface area contributed by atoms with Crippen LogP contribution in [0.4, 0.5) is 0 Å². The van der Waals surface area contributed by atoms with Gasteiger partial charge in [0.2, 0.25) is 0 Å². The molecule has 8 heteroatoms. The molecule has 0 spiro atoms. The van der Waals surface area contributed by atoms with Gasteiger partial charge in [0.15, 0.2) is 5.11 Å². The van der Waals surface area contributed by atoms with Crippen molar-refractivity contribution in [3.8, 4) is 5.75 Å². The molecule has 0 bridgehead atoms. The van der Waals surface area contributed by atoms with Crippen LogP contribution in [0, 0.1) is 0 Å². The van der Waals surface area contributed by atoms with Gasteiger partial charge in [0, 0.05) is 30.3 Å². The largest absolute Gasteiger partial charge is 0.506 e. The van der Waals surface area contributed by atoms with Crippen LogP contribution < -0.4 is 10.7 Å². The SMILES string of the molecule is CCOCCCNC(=S)N/N=C(\C)c1cc(Cl)cc(Cl)c1O. The number of thiocarbonyl (C=S) groups is 1. The van der Waals surface area contributed by atoms with Gasteiger partial charge in [-0.3, -0.25) is 5.43 Å². The van der Waals surface area contributed by atoms with Crippen molar-refractivity contribution in [3.05, 3.63) is 27.7 Å². The summed E-state index contributed by atoms with van der Waals surface area (Å²) in [6.07, 6.45) is 0.850. The highest BCUT2D eigenvalue weighted by atomic mass is 35.5. The van der Waals surface area contributed by atoms with Crippen molar-refractivity contribution >= 4 is 46.2 Å². The van der Waals surface area contributed by atoms with Gasteiger partial charge in [0.1, 0.15) is 5.75 Å². The number of hydrogen-bond donors (Lipinski definition) is 3. The van der Waals surface area contributed by atoms with Crippen molar-refractivity contribution < 1.29 is 9.84 Å². The summed E-state index contributed by atoms with van der Waals surface area (Å²) in [5, 5.41) is 18.0. The van der Waals surface area contributed by atoms with Crippen LogP contribution in [-0.4, -0.2) is 35.7 Å².